The zero-order chi connectivity index (χ0) is 30.7. The number of carbonyl (C=O) groups excluding carboxylic acids is 1. The number of aryl methyl sites for hydroxylation is 1. The summed E-state index contributed by atoms with van der Waals surface area (Å²) in [5.41, 5.74) is 3.54. The van der Waals surface area contributed by atoms with E-state index in [4.69, 9.17) is 11.6 Å². The van der Waals surface area contributed by atoms with Crippen LogP contribution in [0.5, 0.6) is 0 Å². The van der Waals surface area contributed by atoms with Crippen LogP contribution in [-0.2, 0) is 24.8 Å². The molecule has 1 amide bonds. The minimum absolute atomic E-state index is 0.0197. The summed E-state index contributed by atoms with van der Waals surface area (Å²) in [7, 11) is -8.00. The minimum Gasteiger partial charge on any atom is -0.325 e. The molecule has 0 aromatic heterocycles. The number of sulfonamides is 2. The Balaban J connectivity index is 1.55. The molecule has 11 heteroatoms. The number of amides is 1. The van der Waals surface area contributed by atoms with E-state index >= 15 is 0 Å². The van der Waals surface area contributed by atoms with Crippen molar-refractivity contribution >= 4 is 54.6 Å². The normalized spacial score (nSPS) is 11.8. The van der Waals surface area contributed by atoms with Gasteiger partial charge in [-0.3, -0.25) is 13.8 Å². The quantitative estimate of drug-likeness (QED) is 0.203. The van der Waals surface area contributed by atoms with Crippen LogP contribution in [0.3, 0.4) is 0 Å². The SMILES string of the molecule is Cc1ccc(S(=O)(=O)N(CC(=O)Nc2ccc(S(=O)(=O)Nc3cccc(Cl)c3C)cc2)c2ccc(C(C)C)cc2)cc1. The topological polar surface area (TPSA) is 113 Å². The Labute approximate surface area is 252 Å². The number of hydrogen-bond acceptors (Lipinski definition) is 5. The van der Waals surface area contributed by atoms with Crippen molar-refractivity contribution in [3.8, 4) is 0 Å². The predicted molar refractivity (Wildman–Crippen MR) is 168 cm³/mol. The molecular weight excluding hydrogens is 594 g/mol. The van der Waals surface area contributed by atoms with Crippen molar-refractivity contribution in [2.45, 2.75) is 43.4 Å². The number of rotatable bonds is 10. The zero-order valence-electron chi connectivity index (χ0n) is 23.6. The zero-order valence-corrected chi connectivity index (χ0v) is 26.0. The van der Waals surface area contributed by atoms with Crippen molar-refractivity contribution in [3.63, 3.8) is 0 Å². The second kappa shape index (κ2) is 12.6. The number of benzene rings is 4. The number of halogens is 1. The first-order valence-corrected chi connectivity index (χ1v) is 16.5. The third-order valence-electron chi connectivity index (χ3n) is 6.70. The highest BCUT2D eigenvalue weighted by molar-refractivity contribution is 7.93. The van der Waals surface area contributed by atoms with Gasteiger partial charge in [0.25, 0.3) is 20.0 Å². The maximum atomic E-state index is 13.7. The standard InChI is InChI=1S/C31H32ClN3O5S2/c1-21(2)24-10-14-26(15-11-24)35(42(39,40)28-16-8-22(3)9-17-28)20-31(36)33-25-12-18-27(19-13-25)41(37,38)34-30-7-5-6-29(32)23(30)4/h5-19,21,34H,20H2,1-4H3,(H,33,36). The van der Waals surface area contributed by atoms with E-state index in [0.717, 1.165) is 15.4 Å². The number of hydrogen-bond donors (Lipinski definition) is 2. The Morgan fingerprint density at radius 2 is 1.40 bits per heavy atom. The summed E-state index contributed by atoms with van der Waals surface area (Å²) in [5.74, 6) is -0.345. The van der Waals surface area contributed by atoms with Crippen LogP contribution in [0.15, 0.2) is 101 Å². The minimum atomic E-state index is -4.08. The van der Waals surface area contributed by atoms with Crippen LogP contribution in [-0.4, -0.2) is 29.3 Å². The molecule has 0 radical (unpaired) electrons. The van der Waals surface area contributed by atoms with Crippen LogP contribution >= 0.6 is 11.6 Å². The number of nitrogens with one attached hydrogen (secondary N) is 2. The van der Waals surface area contributed by atoms with Gasteiger partial charge in [0.05, 0.1) is 21.2 Å². The largest absolute Gasteiger partial charge is 0.325 e. The molecule has 0 unspecified atom stereocenters. The lowest BCUT2D eigenvalue weighted by Crippen LogP contribution is -2.38. The summed E-state index contributed by atoms with van der Waals surface area (Å²) in [6.07, 6.45) is 0. The Morgan fingerprint density at radius 3 is 2.00 bits per heavy atom. The molecule has 4 aromatic carbocycles. The second-order valence-electron chi connectivity index (χ2n) is 10.2. The van der Waals surface area contributed by atoms with E-state index in [0.29, 0.717) is 27.6 Å². The Bertz CT molecular complexity index is 1790. The van der Waals surface area contributed by atoms with Gasteiger partial charge in [-0.25, -0.2) is 16.8 Å². The molecule has 0 fully saturated rings. The van der Waals surface area contributed by atoms with Gasteiger partial charge in [-0.15, -0.1) is 0 Å². The Kier molecular flexibility index (Phi) is 9.30. The summed E-state index contributed by atoms with van der Waals surface area (Å²) in [6, 6.07) is 24.0. The van der Waals surface area contributed by atoms with Gasteiger partial charge in [0.15, 0.2) is 0 Å². The first-order valence-electron chi connectivity index (χ1n) is 13.1. The van der Waals surface area contributed by atoms with E-state index in [1.54, 1.807) is 49.4 Å². The van der Waals surface area contributed by atoms with Gasteiger partial charge in [0.1, 0.15) is 6.54 Å². The van der Waals surface area contributed by atoms with E-state index in [1.165, 1.54) is 36.4 Å². The molecule has 42 heavy (non-hydrogen) atoms. The highest BCUT2D eigenvalue weighted by atomic mass is 35.5. The van der Waals surface area contributed by atoms with Crippen LogP contribution < -0.4 is 14.3 Å². The van der Waals surface area contributed by atoms with E-state index < -0.39 is 32.5 Å². The highest BCUT2D eigenvalue weighted by Gasteiger charge is 2.27. The van der Waals surface area contributed by atoms with Crippen molar-refractivity contribution in [1.82, 2.24) is 0 Å². The van der Waals surface area contributed by atoms with Crippen molar-refractivity contribution in [3.05, 3.63) is 113 Å². The van der Waals surface area contributed by atoms with E-state index in [9.17, 15) is 21.6 Å². The molecule has 220 valence electrons. The average molecular weight is 626 g/mol. The molecule has 0 aliphatic heterocycles. The van der Waals surface area contributed by atoms with Crippen molar-refractivity contribution in [2.75, 3.05) is 20.9 Å². The van der Waals surface area contributed by atoms with Crippen LogP contribution in [0, 0.1) is 13.8 Å². The molecule has 8 nitrogen and oxygen atoms in total. The number of nitrogens with zero attached hydrogens (tertiary/aromatic N) is 1. The molecular formula is C31H32ClN3O5S2. The lowest BCUT2D eigenvalue weighted by molar-refractivity contribution is -0.114. The van der Waals surface area contributed by atoms with E-state index in [-0.39, 0.29) is 15.7 Å². The van der Waals surface area contributed by atoms with Crippen molar-refractivity contribution < 1.29 is 21.6 Å². The number of anilines is 3. The summed E-state index contributed by atoms with van der Waals surface area (Å²) < 4.78 is 56.8. The van der Waals surface area contributed by atoms with Crippen LogP contribution in [0.25, 0.3) is 0 Å². The van der Waals surface area contributed by atoms with Gasteiger partial charge in [-0.1, -0.05) is 61.3 Å². The van der Waals surface area contributed by atoms with Gasteiger partial charge in [0.2, 0.25) is 5.91 Å². The maximum absolute atomic E-state index is 13.7. The predicted octanol–water partition coefficient (Wildman–Crippen LogP) is 6.72. The molecule has 0 bridgehead atoms. The van der Waals surface area contributed by atoms with Crippen LogP contribution in [0.1, 0.15) is 36.5 Å². The third-order valence-corrected chi connectivity index (χ3v) is 10.3. The number of carbonyl (C=O) groups is 1. The summed E-state index contributed by atoms with van der Waals surface area (Å²) in [4.78, 5) is 13.2. The van der Waals surface area contributed by atoms with Gasteiger partial charge < -0.3 is 5.32 Å². The fourth-order valence-corrected chi connectivity index (χ4v) is 6.87. The summed E-state index contributed by atoms with van der Waals surface area (Å²) >= 11 is 6.11. The fraction of sp³-hybridized carbons (Fsp3) is 0.194. The molecule has 0 spiro atoms. The van der Waals surface area contributed by atoms with Crippen LogP contribution in [0.4, 0.5) is 17.1 Å². The molecule has 0 aliphatic rings. The molecule has 0 aliphatic carbocycles. The van der Waals surface area contributed by atoms with Gasteiger partial charge in [0, 0.05) is 10.7 Å². The molecule has 2 N–H and O–H groups in total. The third kappa shape index (κ3) is 7.13. The van der Waals surface area contributed by atoms with Crippen LogP contribution in [0.2, 0.25) is 5.02 Å². The highest BCUT2D eigenvalue weighted by Crippen LogP contribution is 2.28. The van der Waals surface area contributed by atoms with Crippen molar-refractivity contribution in [1.29, 1.82) is 0 Å². The molecule has 0 saturated carbocycles. The maximum Gasteiger partial charge on any atom is 0.264 e. The Hall–Kier alpha value is -3.86. The van der Waals surface area contributed by atoms with Gasteiger partial charge in [-0.2, -0.15) is 0 Å². The lowest BCUT2D eigenvalue weighted by Gasteiger charge is -2.24. The molecule has 0 atom stereocenters. The van der Waals surface area contributed by atoms with Gasteiger partial charge >= 0.3 is 0 Å². The monoisotopic (exact) mass is 625 g/mol. The summed E-state index contributed by atoms with van der Waals surface area (Å²) in [6.45, 7) is 7.15. The van der Waals surface area contributed by atoms with Gasteiger partial charge in [-0.05, 0) is 91.6 Å². The Morgan fingerprint density at radius 1 is 0.810 bits per heavy atom. The fourth-order valence-electron chi connectivity index (χ4n) is 4.15. The molecule has 4 rings (SSSR count). The first kappa shape index (κ1) is 31.1. The van der Waals surface area contributed by atoms with E-state index in [2.05, 4.69) is 10.0 Å². The molecule has 4 aromatic rings. The summed E-state index contributed by atoms with van der Waals surface area (Å²) in [5, 5.41) is 3.10. The average Bonchev–Trinajstić information content (AvgIpc) is 2.94. The molecule has 0 saturated heterocycles. The second-order valence-corrected chi connectivity index (χ2v) is 14.1. The molecule has 0 heterocycles. The smallest absolute Gasteiger partial charge is 0.264 e. The van der Waals surface area contributed by atoms with Crippen molar-refractivity contribution in [2.24, 2.45) is 0 Å². The first-order chi connectivity index (χ1) is 19.8. The van der Waals surface area contributed by atoms with E-state index in [1.807, 2.05) is 32.9 Å². The lowest BCUT2D eigenvalue weighted by atomic mass is 10.0.